The van der Waals surface area contributed by atoms with Gasteiger partial charge in [-0.2, -0.15) is 5.10 Å². The number of aryl methyl sites for hydroxylation is 1. The van der Waals surface area contributed by atoms with Crippen molar-refractivity contribution in [2.75, 3.05) is 19.6 Å². The maximum atomic E-state index is 10.7. The van der Waals surface area contributed by atoms with Gasteiger partial charge in [0.1, 0.15) is 0 Å². The maximum Gasteiger partial charge on any atom is 0.0917 e. The SMILES string of the molecule is Cn1nccc1[C@@H]1CCCN(C[C@H](O)c2ccc3ccccc3c2)C1. The van der Waals surface area contributed by atoms with E-state index < -0.39 is 6.10 Å². The standard InChI is InChI=1S/C21H25N3O/c1-23-20(10-11-22-23)19-7-4-12-24(14-19)15-21(25)18-9-8-16-5-2-3-6-17(16)13-18/h2-3,5-6,8-11,13,19,21,25H,4,7,12,14-15H2,1H3/t19-,21+/m1/s1. The molecule has 1 N–H and O–H groups in total. The van der Waals surface area contributed by atoms with Gasteiger partial charge in [0.25, 0.3) is 0 Å². The van der Waals surface area contributed by atoms with E-state index in [0.717, 1.165) is 18.7 Å². The highest BCUT2D eigenvalue weighted by atomic mass is 16.3. The number of piperidine rings is 1. The van der Waals surface area contributed by atoms with Crippen molar-refractivity contribution in [3.63, 3.8) is 0 Å². The van der Waals surface area contributed by atoms with Crippen molar-refractivity contribution < 1.29 is 5.11 Å². The second-order valence-electron chi connectivity index (χ2n) is 7.10. The van der Waals surface area contributed by atoms with E-state index in [2.05, 4.69) is 46.4 Å². The molecule has 0 amide bonds. The second kappa shape index (κ2) is 6.98. The van der Waals surface area contributed by atoms with Gasteiger partial charge in [-0.3, -0.25) is 9.58 Å². The van der Waals surface area contributed by atoms with Crippen molar-refractivity contribution in [3.05, 3.63) is 66.0 Å². The van der Waals surface area contributed by atoms with E-state index >= 15 is 0 Å². The van der Waals surface area contributed by atoms with E-state index in [1.807, 2.05) is 30.1 Å². The zero-order valence-corrected chi connectivity index (χ0v) is 14.7. The molecular formula is C21H25N3O. The Bertz CT molecular complexity index is 857. The summed E-state index contributed by atoms with van der Waals surface area (Å²) in [6.45, 7) is 2.73. The molecule has 1 aromatic heterocycles. The molecule has 4 heteroatoms. The Balaban J connectivity index is 1.46. The molecule has 4 nitrogen and oxygen atoms in total. The summed E-state index contributed by atoms with van der Waals surface area (Å²) in [6, 6.07) is 16.7. The first-order valence-corrected chi connectivity index (χ1v) is 9.08. The number of fused-ring (bicyclic) bond motifs is 1. The summed E-state index contributed by atoms with van der Waals surface area (Å²) in [4.78, 5) is 2.39. The minimum atomic E-state index is -0.449. The Morgan fingerprint density at radius 3 is 2.80 bits per heavy atom. The molecule has 25 heavy (non-hydrogen) atoms. The predicted molar refractivity (Wildman–Crippen MR) is 101 cm³/mol. The minimum absolute atomic E-state index is 0.449. The fraction of sp³-hybridized carbons (Fsp3) is 0.381. The van der Waals surface area contributed by atoms with Gasteiger partial charge < -0.3 is 5.11 Å². The lowest BCUT2D eigenvalue weighted by atomic mass is 9.94. The van der Waals surface area contributed by atoms with Crippen LogP contribution in [0.4, 0.5) is 0 Å². The van der Waals surface area contributed by atoms with Gasteiger partial charge in [0, 0.05) is 37.9 Å². The van der Waals surface area contributed by atoms with Gasteiger partial charge in [0.05, 0.1) is 6.10 Å². The summed E-state index contributed by atoms with van der Waals surface area (Å²) >= 11 is 0. The van der Waals surface area contributed by atoms with Gasteiger partial charge in [-0.05, 0) is 47.9 Å². The van der Waals surface area contributed by atoms with Crippen molar-refractivity contribution >= 4 is 10.8 Å². The summed E-state index contributed by atoms with van der Waals surface area (Å²) in [7, 11) is 2.01. The van der Waals surface area contributed by atoms with Gasteiger partial charge in [0.2, 0.25) is 0 Å². The number of nitrogens with zero attached hydrogens (tertiary/aromatic N) is 3. The molecule has 4 rings (SSSR count). The third-order valence-electron chi connectivity index (χ3n) is 5.37. The predicted octanol–water partition coefficient (Wildman–Crippen LogP) is 3.49. The molecule has 0 radical (unpaired) electrons. The first-order valence-electron chi connectivity index (χ1n) is 9.08. The van der Waals surface area contributed by atoms with E-state index in [0.29, 0.717) is 12.5 Å². The monoisotopic (exact) mass is 335 g/mol. The van der Waals surface area contributed by atoms with E-state index in [1.54, 1.807) is 0 Å². The lowest BCUT2D eigenvalue weighted by Gasteiger charge is -2.34. The molecule has 1 aliphatic rings. The first-order chi connectivity index (χ1) is 12.2. The number of β-amino-alcohol motifs (C(OH)–C–C–N with tert-alkyl or cyclic N) is 1. The first kappa shape index (κ1) is 16.3. The van der Waals surface area contributed by atoms with Crippen molar-refractivity contribution in [1.29, 1.82) is 0 Å². The third kappa shape index (κ3) is 3.46. The van der Waals surface area contributed by atoms with Gasteiger partial charge in [-0.1, -0.05) is 36.4 Å². The number of likely N-dealkylation sites (tertiary alicyclic amines) is 1. The molecule has 0 saturated carbocycles. The van der Waals surface area contributed by atoms with Crippen LogP contribution in [-0.4, -0.2) is 39.4 Å². The third-order valence-corrected chi connectivity index (χ3v) is 5.37. The maximum absolute atomic E-state index is 10.7. The number of aliphatic hydroxyl groups is 1. The van der Waals surface area contributed by atoms with Crippen LogP contribution in [0.3, 0.4) is 0 Å². The summed E-state index contributed by atoms with van der Waals surface area (Å²) in [6.07, 6.45) is 3.79. The van der Waals surface area contributed by atoms with Crippen LogP contribution in [-0.2, 0) is 7.05 Å². The Morgan fingerprint density at radius 2 is 2.00 bits per heavy atom. The Hall–Kier alpha value is -2.17. The number of rotatable bonds is 4. The molecular weight excluding hydrogens is 310 g/mol. The summed E-state index contributed by atoms with van der Waals surface area (Å²) in [5.74, 6) is 0.505. The van der Waals surface area contributed by atoms with E-state index in [9.17, 15) is 5.11 Å². The highest BCUT2D eigenvalue weighted by molar-refractivity contribution is 5.83. The van der Waals surface area contributed by atoms with Crippen molar-refractivity contribution in [3.8, 4) is 0 Å². The van der Waals surface area contributed by atoms with Crippen LogP contribution in [0.25, 0.3) is 10.8 Å². The van der Waals surface area contributed by atoms with Gasteiger partial charge in [-0.25, -0.2) is 0 Å². The molecule has 3 aromatic rings. The molecule has 0 bridgehead atoms. The fourth-order valence-electron chi connectivity index (χ4n) is 4.01. The molecule has 2 aromatic carbocycles. The average Bonchev–Trinajstić information content (AvgIpc) is 3.07. The van der Waals surface area contributed by atoms with Crippen molar-refractivity contribution in [1.82, 2.24) is 14.7 Å². The smallest absolute Gasteiger partial charge is 0.0917 e. The van der Waals surface area contributed by atoms with Crippen LogP contribution in [0.5, 0.6) is 0 Å². The van der Waals surface area contributed by atoms with Crippen LogP contribution in [0, 0.1) is 0 Å². The molecule has 2 heterocycles. The molecule has 1 aliphatic heterocycles. The number of aromatic nitrogens is 2. The van der Waals surface area contributed by atoms with Crippen LogP contribution < -0.4 is 0 Å². The summed E-state index contributed by atoms with van der Waals surface area (Å²) in [5.41, 5.74) is 2.30. The largest absolute Gasteiger partial charge is 0.387 e. The van der Waals surface area contributed by atoms with Crippen LogP contribution in [0.2, 0.25) is 0 Å². The Kier molecular flexibility index (Phi) is 4.55. The van der Waals surface area contributed by atoms with Gasteiger partial charge in [0.15, 0.2) is 0 Å². The topological polar surface area (TPSA) is 41.3 Å². The molecule has 130 valence electrons. The number of benzene rings is 2. The minimum Gasteiger partial charge on any atom is -0.387 e. The number of aliphatic hydroxyl groups excluding tert-OH is 1. The van der Waals surface area contributed by atoms with Gasteiger partial charge >= 0.3 is 0 Å². The molecule has 0 spiro atoms. The summed E-state index contributed by atoms with van der Waals surface area (Å²) in [5, 5.41) is 17.4. The lowest BCUT2D eigenvalue weighted by molar-refractivity contribution is 0.0947. The van der Waals surface area contributed by atoms with Gasteiger partial charge in [-0.15, -0.1) is 0 Å². The summed E-state index contributed by atoms with van der Waals surface area (Å²) < 4.78 is 1.98. The highest BCUT2D eigenvalue weighted by Gasteiger charge is 2.25. The lowest BCUT2D eigenvalue weighted by Crippen LogP contribution is -2.37. The Morgan fingerprint density at radius 1 is 1.16 bits per heavy atom. The zero-order chi connectivity index (χ0) is 17.2. The number of hydrogen-bond acceptors (Lipinski definition) is 3. The van der Waals surface area contributed by atoms with E-state index in [4.69, 9.17) is 0 Å². The normalized spacial score (nSPS) is 20.0. The number of hydrogen-bond donors (Lipinski definition) is 1. The molecule has 0 aliphatic carbocycles. The molecule has 0 unspecified atom stereocenters. The zero-order valence-electron chi connectivity index (χ0n) is 14.7. The second-order valence-corrected chi connectivity index (χ2v) is 7.10. The van der Waals surface area contributed by atoms with Crippen molar-refractivity contribution in [2.24, 2.45) is 7.05 Å². The van der Waals surface area contributed by atoms with Crippen LogP contribution >= 0.6 is 0 Å². The molecule has 2 atom stereocenters. The Labute approximate surface area is 148 Å². The molecule has 1 fully saturated rings. The van der Waals surface area contributed by atoms with Crippen molar-refractivity contribution in [2.45, 2.75) is 24.9 Å². The highest BCUT2D eigenvalue weighted by Crippen LogP contribution is 2.28. The quantitative estimate of drug-likeness (QED) is 0.793. The molecule has 1 saturated heterocycles. The van der Waals surface area contributed by atoms with E-state index in [-0.39, 0.29) is 0 Å². The average molecular weight is 335 g/mol. The fourth-order valence-corrected chi connectivity index (χ4v) is 4.01. The van der Waals surface area contributed by atoms with Crippen LogP contribution in [0.1, 0.15) is 36.1 Å². The van der Waals surface area contributed by atoms with Crippen LogP contribution in [0.15, 0.2) is 54.7 Å². The van der Waals surface area contributed by atoms with E-state index in [1.165, 1.54) is 29.3 Å².